The summed E-state index contributed by atoms with van der Waals surface area (Å²) in [7, 11) is 0. The number of fused-ring (bicyclic) bond motifs is 2. The standard InChI is InChI=1S/C21H17F3N4O2S/c22-21(23,24)30-13-5-6-17-18(11-13)31-20(26-17)28-9-7-27(8-10-28)19(29)15-12-25-16-4-2-1-3-14(15)16/h1-6,11-12,25H,7-10H2. The van der Waals surface area contributed by atoms with Crippen LogP contribution in [0.1, 0.15) is 10.4 Å². The van der Waals surface area contributed by atoms with Gasteiger partial charge in [0.1, 0.15) is 5.75 Å². The number of carbonyl (C=O) groups excluding carboxylic acids is 1. The number of aromatic nitrogens is 2. The molecule has 1 saturated heterocycles. The number of anilines is 1. The number of rotatable bonds is 3. The second kappa shape index (κ2) is 7.45. The Bertz CT molecular complexity index is 1260. The molecule has 0 atom stereocenters. The molecule has 0 spiro atoms. The zero-order valence-electron chi connectivity index (χ0n) is 16.1. The Hall–Kier alpha value is -3.27. The van der Waals surface area contributed by atoms with Crippen molar-refractivity contribution in [1.82, 2.24) is 14.9 Å². The summed E-state index contributed by atoms with van der Waals surface area (Å²) in [6, 6.07) is 11.8. The third-order valence-electron chi connectivity index (χ3n) is 5.24. The highest BCUT2D eigenvalue weighted by molar-refractivity contribution is 7.22. The zero-order valence-corrected chi connectivity index (χ0v) is 17.0. The summed E-state index contributed by atoms with van der Waals surface area (Å²) in [4.78, 5) is 24.5. The van der Waals surface area contributed by atoms with Gasteiger partial charge < -0.3 is 19.5 Å². The highest BCUT2D eigenvalue weighted by Gasteiger charge is 2.31. The van der Waals surface area contributed by atoms with Gasteiger partial charge in [-0.3, -0.25) is 4.79 Å². The van der Waals surface area contributed by atoms with Crippen molar-refractivity contribution in [1.29, 1.82) is 0 Å². The van der Waals surface area contributed by atoms with Crippen molar-refractivity contribution in [2.75, 3.05) is 31.1 Å². The molecule has 160 valence electrons. The number of aromatic amines is 1. The van der Waals surface area contributed by atoms with Crippen LogP contribution in [0.25, 0.3) is 21.1 Å². The van der Waals surface area contributed by atoms with E-state index in [1.54, 1.807) is 6.20 Å². The Morgan fingerprint density at radius 3 is 2.65 bits per heavy atom. The van der Waals surface area contributed by atoms with Gasteiger partial charge in [-0.2, -0.15) is 0 Å². The maximum absolute atomic E-state index is 13.0. The van der Waals surface area contributed by atoms with E-state index in [0.717, 1.165) is 16.0 Å². The van der Waals surface area contributed by atoms with Gasteiger partial charge >= 0.3 is 6.36 Å². The minimum Gasteiger partial charge on any atom is -0.406 e. The molecular weight excluding hydrogens is 429 g/mol. The van der Waals surface area contributed by atoms with E-state index in [-0.39, 0.29) is 11.7 Å². The number of H-pyrrole nitrogens is 1. The number of hydrogen-bond donors (Lipinski definition) is 1. The Balaban J connectivity index is 1.29. The molecule has 5 rings (SSSR count). The van der Waals surface area contributed by atoms with Gasteiger partial charge in [0.15, 0.2) is 5.13 Å². The monoisotopic (exact) mass is 446 g/mol. The van der Waals surface area contributed by atoms with Crippen LogP contribution in [-0.2, 0) is 0 Å². The number of benzene rings is 2. The van der Waals surface area contributed by atoms with Crippen molar-refractivity contribution in [3.63, 3.8) is 0 Å². The summed E-state index contributed by atoms with van der Waals surface area (Å²) in [6.45, 7) is 2.27. The second-order valence-electron chi connectivity index (χ2n) is 7.20. The lowest BCUT2D eigenvalue weighted by Gasteiger charge is -2.34. The van der Waals surface area contributed by atoms with Crippen LogP contribution in [0.3, 0.4) is 0 Å². The van der Waals surface area contributed by atoms with Crippen LogP contribution in [0, 0.1) is 0 Å². The number of thiazole rings is 1. The predicted molar refractivity (Wildman–Crippen MR) is 113 cm³/mol. The number of alkyl halides is 3. The number of piperazine rings is 1. The molecule has 2 aromatic carbocycles. The number of ether oxygens (including phenoxy) is 1. The molecule has 3 heterocycles. The van der Waals surface area contributed by atoms with E-state index >= 15 is 0 Å². The van der Waals surface area contributed by atoms with Crippen LogP contribution >= 0.6 is 11.3 Å². The van der Waals surface area contributed by atoms with Gasteiger partial charge in [-0.15, -0.1) is 13.2 Å². The van der Waals surface area contributed by atoms with Crippen LogP contribution < -0.4 is 9.64 Å². The number of amides is 1. The van der Waals surface area contributed by atoms with Crippen molar-refractivity contribution in [3.05, 3.63) is 54.2 Å². The number of nitrogens with one attached hydrogen (secondary N) is 1. The van der Waals surface area contributed by atoms with E-state index in [0.29, 0.717) is 42.0 Å². The molecule has 1 aliphatic rings. The molecular formula is C21H17F3N4O2S. The van der Waals surface area contributed by atoms with Gasteiger partial charge in [-0.05, 0) is 18.2 Å². The van der Waals surface area contributed by atoms with Crippen molar-refractivity contribution in [2.45, 2.75) is 6.36 Å². The first-order chi connectivity index (χ1) is 14.9. The fraction of sp³-hybridized carbons (Fsp3) is 0.238. The Morgan fingerprint density at radius 2 is 1.87 bits per heavy atom. The van der Waals surface area contributed by atoms with Gasteiger partial charge in [-0.25, -0.2) is 4.98 Å². The first-order valence-electron chi connectivity index (χ1n) is 9.64. The number of carbonyl (C=O) groups is 1. The fourth-order valence-corrected chi connectivity index (χ4v) is 4.79. The number of hydrogen-bond acceptors (Lipinski definition) is 5. The third kappa shape index (κ3) is 3.90. The number of nitrogens with zero attached hydrogens (tertiary/aromatic N) is 3. The molecule has 0 saturated carbocycles. The largest absolute Gasteiger partial charge is 0.573 e. The first kappa shape index (κ1) is 19.7. The molecule has 4 aromatic rings. The predicted octanol–water partition coefficient (Wildman–Crippen LogP) is 4.64. The van der Waals surface area contributed by atoms with Crippen LogP contribution in [-0.4, -0.2) is 53.3 Å². The minimum absolute atomic E-state index is 0.0182. The highest BCUT2D eigenvalue weighted by atomic mass is 32.1. The first-order valence-corrected chi connectivity index (χ1v) is 10.5. The van der Waals surface area contributed by atoms with Gasteiger partial charge in [0, 0.05) is 49.3 Å². The maximum Gasteiger partial charge on any atom is 0.573 e. The molecule has 1 aliphatic heterocycles. The van der Waals surface area contributed by atoms with Gasteiger partial charge in [0.2, 0.25) is 0 Å². The van der Waals surface area contributed by atoms with Crippen molar-refractivity contribution in [3.8, 4) is 5.75 Å². The minimum atomic E-state index is -4.73. The van der Waals surface area contributed by atoms with Gasteiger partial charge in [0.05, 0.1) is 15.8 Å². The molecule has 0 bridgehead atoms. The van der Waals surface area contributed by atoms with E-state index in [9.17, 15) is 18.0 Å². The van der Waals surface area contributed by atoms with E-state index < -0.39 is 6.36 Å². The Kier molecular flexibility index (Phi) is 4.73. The van der Waals surface area contributed by atoms with Crippen LogP contribution in [0.15, 0.2) is 48.7 Å². The molecule has 1 amide bonds. The van der Waals surface area contributed by atoms with E-state index in [1.807, 2.05) is 34.1 Å². The summed E-state index contributed by atoms with van der Waals surface area (Å²) in [6.07, 6.45) is -2.98. The van der Waals surface area contributed by atoms with E-state index in [4.69, 9.17) is 0 Å². The fourth-order valence-electron chi connectivity index (χ4n) is 3.74. The SMILES string of the molecule is O=C(c1c[nH]c2ccccc12)N1CCN(c2nc3ccc(OC(F)(F)F)cc3s2)CC1. The molecule has 10 heteroatoms. The topological polar surface area (TPSA) is 61.5 Å². The molecule has 1 fully saturated rings. The molecule has 6 nitrogen and oxygen atoms in total. The van der Waals surface area contributed by atoms with Crippen molar-refractivity contribution >= 4 is 43.5 Å². The lowest BCUT2D eigenvalue weighted by Crippen LogP contribution is -2.48. The van der Waals surface area contributed by atoms with Crippen LogP contribution in [0.2, 0.25) is 0 Å². The number of para-hydroxylation sites is 1. The Labute approximate surface area is 178 Å². The number of halogens is 3. The van der Waals surface area contributed by atoms with Crippen molar-refractivity contribution < 1.29 is 22.7 Å². The maximum atomic E-state index is 13.0. The summed E-state index contributed by atoms with van der Waals surface area (Å²) >= 11 is 1.31. The Morgan fingerprint density at radius 1 is 1.10 bits per heavy atom. The summed E-state index contributed by atoms with van der Waals surface area (Å²) in [5, 5.41) is 1.62. The molecule has 0 radical (unpaired) electrons. The molecule has 0 aliphatic carbocycles. The molecule has 2 aromatic heterocycles. The van der Waals surface area contributed by atoms with E-state index in [2.05, 4.69) is 14.7 Å². The summed E-state index contributed by atoms with van der Waals surface area (Å²) < 4.78 is 42.0. The quantitative estimate of drug-likeness (QED) is 0.498. The van der Waals surface area contributed by atoms with Crippen LogP contribution in [0.5, 0.6) is 5.75 Å². The highest BCUT2D eigenvalue weighted by Crippen LogP contribution is 2.33. The zero-order chi connectivity index (χ0) is 21.6. The third-order valence-corrected chi connectivity index (χ3v) is 6.32. The second-order valence-corrected chi connectivity index (χ2v) is 8.21. The average Bonchev–Trinajstić information content (AvgIpc) is 3.36. The summed E-state index contributed by atoms with van der Waals surface area (Å²) in [5.41, 5.74) is 2.20. The normalized spacial score (nSPS) is 15.1. The van der Waals surface area contributed by atoms with Crippen molar-refractivity contribution in [2.24, 2.45) is 0 Å². The molecule has 1 N–H and O–H groups in total. The van der Waals surface area contributed by atoms with E-state index in [1.165, 1.54) is 29.5 Å². The summed E-state index contributed by atoms with van der Waals surface area (Å²) in [5.74, 6) is -0.278. The van der Waals surface area contributed by atoms with Gasteiger partial charge in [-0.1, -0.05) is 29.5 Å². The smallest absolute Gasteiger partial charge is 0.406 e. The average molecular weight is 446 g/mol. The van der Waals surface area contributed by atoms with Crippen LogP contribution in [0.4, 0.5) is 18.3 Å². The lowest BCUT2D eigenvalue weighted by molar-refractivity contribution is -0.274. The molecule has 0 unspecified atom stereocenters. The lowest BCUT2D eigenvalue weighted by atomic mass is 10.1. The van der Waals surface area contributed by atoms with Gasteiger partial charge in [0.25, 0.3) is 5.91 Å². The molecule has 31 heavy (non-hydrogen) atoms.